The minimum Gasteiger partial charge on any atom is -0.315 e. The highest BCUT2D eigenvalue weighted by Crippen LogP contribution is 2.32. The summed E-state index contributed by atoms with van der Waals surface area (Å²) in [7, 11) is 0. The second kappa shape index (κ2) is 6.58. The molecule has 0 aromatic heterocycles. The Kier molecular flexibility index (Phi) is 4.52. The molecule has 2 heterocycles. The largest absolute Gasteiger partial charge is 0.324 e. The zero-order chi connectivity index (χ0) is 16.4. The van der Waals surface area contributed by atoms with E-state index >= 15 is 0 Å². The summed E-state index contributed by atoms with van der Waals surface area (Å²) >= 11 is 6.27. The topological polar surface area (TPSA) is 69.7 Å². The number of rotatable bonds is 2. The molecule has 4 amide bonds. The standard InChI is InChI=1S/C16H18ClN3O3/c17-12-5-3-6-13-11(12)4-1-2-8-20(13)15(22)10-19-9-7-14(21)18-16(19)23/h3,5-6H,1-2,4,7-10H2,(H,18,21,23). The van der Waals surface area contributed by atoms with Gasteiger partial charge in [0.1, 0.15) is 6.54 Å². The molecule has 1 saturated heterocycles. The molecule has 2 aliphatic heterocycles. The lowest BCUT2D eigenvalue weighted by atomic mass is 10.1. The number of carbonyl (C=O) groups is 3. The molecular formula is C16H18ClN3O3. The fourth-order valence-electron chi connectivity index (χ4n) is 3.00. The van der Waals surface area contributed by atoms with Crippen molar-refractivity contribution in [2.24, 2.45) is 0 Å². The average molecular weight is 336 g/mol. The van der Waals surface area contributed by atoms with Gasteiger partial charge in [0.2, 0.25) is 11.8 Å². The predicted molar refractivity (Wildman–Crippen MR) is 86.5 cm³/mol. The third-order valence-corrected chi connectivity index (χ3v) is 4.57. The van der Waals surface area contributed by atoms with Crippen molar-refractivity contribution in [3.63, 3.8) is 0 Å². The molecule has 0 atom stereocenters. The van der Waals surface area contributed by atoms with Gasteiger partial charge in [0, 0.05) is 30.2 Å². The van der Waals surface area contributed by atoms with Gasteiger partial charge in [-0.1, -0.05) is 17.7 Å². The maximum Gasteiger partial charge on any atom is 0.324 e. The predicted octanol–water partition coefficient (Wildman–Crippen LogP) is 1.95. The van der Waals surface area contributed by atoms with Crippen LogP contribution in [-0.2, 0) is 16.0 Å². The molecule has 0 unspecified atom stereocenters. The van der Waals surface area contributed by atoms with E-state index in [1.165, 1.54) is 4.90 Å². The van der Waals surface area contributed by atoms with Crippen LogP contribution in [0.15, 0.2) is 18.2 Å². The summed E-state index contributed by atoms with van der Waals surface area (Å²) in [4.78, 5) is 38.8. The first kappa shape index (κ1) is 15.8. The summed E-state index contributed by atoms with van der Waals surface area (Å²) in [5, 5.41) is 2.90. The van der Waals surface area contributed by atoms with E-state index in [0.29, 0.717) is 11.6 Å². The lowest BCUT2D eigenvalue weighted by Gasteiger charge is -2.29. The van der Waals surface area contributed by atoms with Crippen molar-refractivity contribution in [2.45, 2.75) is 25.7 Å². The number of nitrogens with zero attached hydrogens (tertiary/aromatic N) is 2. The van der Waals surface area contributed by atoms with E-state index in [4.69, 9.17) is 11.6 Å². The number of fused-ring (bicyclic) bond motifs is 1. The molecule has 0 saturated carbocycles. The van der Waals surface area contributed by atoms with E-state index in [1.54, 1.807) is 4.90 Å². The summed E-state index contributed by atoms with van der Waals surface area (Å²) in [6.45, 7) is 0.846. The van der Waals surface area contributed by atoms with Gasteiger partial charge in [0.15, 0.2) is 0 Å². The monoisotopic (exact) mass is 335 g/mol. The number of hydrogen-bond acceptors (Lipinski definition) is 3. The number of carbonyl (C=O) groups excluding carboxylic acids is 3. The number of benzene rings is 1. The maximum atomic E-state index is 12.7. The molecule has 0 aliphatic carbocycles. The third-order valence-electron chi connectivity index (χ3n) is 4.21. The van der Waals surface area contributed by atoms with Crippen LogP contribution < -0.4 is 10.2 Å². The van der Waals surface area contributed by atoms with E-state index in [2.05, 4.69) is 5.32 Å². The Morgan fingerprint density at radius 2 is 2.00 bits per heavy atom. The van der Waals surface area contributed by atoms with Crippen molar-refractivity contribution in [3.8, 4) is 0 Å². The number of halogens is 1. The normalized spacial score (nSPS) is 18.3. The molecule has 23 heavy (non-hydrogen) atoms. The van der Waals surface area contributed by atoms with Gasteiger partial charge < -0.3 is 9.80 Å². The maximum absolute atomic E-state index is 12.7. The van der Waals surface area contributed by atoms with Crippen LogP contribution in [0.4, 0.5) is 10.5 Å². The van der Waals surface area contributed by atoms with Crippen LogP contribution in [0.3, 0.4) is 0 Å². The first-order chi connectivity index (χ1) is 11.1. The van der Waals surface area contributed by atoms with Crippen molar-refractivity contribution in [1.82, 2.24) is 10.2 Å². The zero-order valence-electron chi connectivity index (χ0n) is 12.7. The highest BCUT2D eigenvalue weighted by Gasteiger charge is 2.28. The highest BCUT2D eigenvalue weighted by atomic mass is 35.5. The van der Waals surface area contributed by atoms with Gasteiger partial charge in [-0.3, -0.25) is 14.9 Å². The van der Waals surface area contributed by atoms with Gasteiger partial charge in [-0.25, -0.2) is 4.79 Å². The van der Waals surface area contributed by atoms with E-state index in [0.717, 1.165) is 30.5 Å². The highest BCUT2D eigenvalue weighted by molar-refractivity contribution is 6.31. The number of anilines is 1. The van der Waals surface area contributed by atoms with Crippen LogP contribution >= 0.6 is 11.6 Å². The number of urea groups is 1. The molecule has 1 aromatic carbocycles. The molecule has 0 radical (unpaired) electrons. The van der Waals surface area contributed by atoms with Gasteiger partial charge in [0.05, 0.1) is 0 Å². The van der Waals surface area contributed by atoms with Gasteiger partial charge in [-0.15, -0.1) is 0 Å². The fourth-order valence-corrected chi connectivity index (χ4v) is 3.26. The second-order valence-corrected chi connectivity index (χ2v) is 6.17. The molecule has 0 bridgehead atoms. The Morgan fingerprint density at radius 1 is 1.17 bits per heavy atom. The van der Waals surface area contributed by atoms with Crippen LogP contribution in [-0.4, -0.2) is 42.4 Å². The van der Waals surface area contributed by atoms with Crippen molar-refractivity contribution >= 4 is 35.1 Å². The first-order valence-corrected chi connectivity index (χ1v) is 8.10. The molecule has 1 N–H and O–H groups in total. The Balaban J connectivity index is 1.79. The second-order valence-electron chi connectivity index (χ2n) is 5.76. The van der Waals surface area contributed by atoms with Gasteiger partial charge in [0.25, 0.3) is 0 Å². The van der Waals surface area contributed by atoms with Crippen LogP contribution in [0.5, 0.6) is 0 Å². The van der Waals surface area contributed by atoms with Crippen molar-refractivity contribution in [3.05, 3.63) is 28.8 Å². The molecule has 1 fully saturated rings. The molecular weight excluding hydrogens is 318 g/mol. The summed E-state index contributed by atoms with van der Waals surface area (Å²) in [5.74, 6) is -0.453. The van der Waals surface area contributed by atoms with Crippen molar-refractivity contribution in [1.29, 1.82) is 0 Å². The van der Waals surface area contributed by atoms with E-state index in [1.807, 2.05) is 18.2 Å². The molecule has 3 rings (SSSR count). The van der Waals surface area contributed by atoms with Gasteiger partial charge >= 0.3 is 6.03 Å². The molecule has 2 aliphatic rings. The molecule has 0 spiro atoms. The summed E-state index contributed by atoms with van der Waals surface area (Å²) < 4.78 is 0. The Bertz CT molecular complexity index is 662. The van der Waals surface area contributed by atoms with Crippen molar-refractivity contribution in [2.75, 3.05) is 24.5 Å². The summed E-state index contributed by atoms with van der Waals surface area (Å²) in [5.41, 5.74) is 1.81. The van der Waals surface area contributed by atoms with Crippen LogP contribution in [0.2, 0.25) is 5.02 Å². The molecule has 1 aromatic rings. The number of amides is 4. The van der Waals surface area contributed by atoms with Crippen molar-refractivity contribution < 1.29 is 14.4 Å². The van der Waals surface area contributed by atoms with Crippen LogP contribution in [0.1, 0.15) is 24.8 Å². The number of nitrogens with one attached hydrogen (secondary N) is 1. The Hall–Kier alpha value is -2.08. The minimum absolute atomic E-state index is 0.0366. The fraction of sp³-hybridized carbons (Fsp3) is 0.438. The summed E-state index contributed by atoms with van der Waals surface area (Å²) in [6, 6.07) is 5.05. The smallest absolute Gasteiger partial charge is 0.315 e. The van der Waals surface area contributed by atoms with E-state index in [-0.39, 0.29) is 31.3 Å². The SMILES string of the molecule is O=C1CCN(CC(=O)N2CCCCc3c(Cl)cccc32)C(=O)N1. The quantitative estimate of drug-likeness (QED) is 0.898. The Morgan fingerprint density at radius 3 is 2.78 bits per heavy atom. The molecule has 122 valence electrons. The number of imide groups is 1. The molecule has 6 nitrogen and oxygen atoms in total. The number of hydrogen-bond donors (Lipinski definition) is 1. The van der Waals surface area contributed by atoms with Gasteiger partial charge in [-0.2, -0.15) is 0 Å². The average Bonchev–Trinajstić information content (AvgIpc) is 2.73. The minimum atomic E-state index is -0.504. The lowest BCUT2D eigenvalue weighted by Crippen LogP contribution is -2.53. The zero-order valence-corrected chi connectivity index (χ0v) is 13.4. The first-order valence-electron chi connectivity index (χ1n) is 7.73. The lowest BCUT2D eigenvalue weighted by molar-refractivity contribution is -0.124. The van der Waals surface area contributed by atoms with Gasteiger partial charge in [-0.05, 0) is 37.0 Å². The third kappa shape index (κ3) is 3.32. The molecule has 7 heteroatoms. The van der Waals surface area contributed by atoms with E-state index in [9.17, 15) is 14.4 Å². The van der Waals surface area contributed by atoms with Crippen LogP contribution in [0.25, 0.3) is 0 Å². The Labute approximate surface area is 139 Å². The van der Waals surface area contributed by atoms with E-state index < -0.39 is 6.03 Å². The van der Waals surface area contributed by atoms with Crippen LogP contribution in [0, 0.1) is 0 Å². The summed E-state index contributed by atoms with van der Waals surface area (Å²) in [6.07, 6.45) is 2.93.